The number of rotatable bonds is 7. The Hall–Kier alpha value is -2.56. The average Bonchev–Trinajstić information content (AvgIpc) is 2.87. The number of carbonyl (C=O) groups is 2. The first kappa shape index (κ1) is 14.8. The van der Waals surface area contributed by atoms with Gasteiger partial charge in [0.15, 0.2) is 0 Å². The van der Waals surface area contributed by atoms with Crippen LogP contribution in [-0.2, 0) is 16.0 Å². The fourth-order valence-electron chi connectivity index (χ4n) is 2.22. The molecule has 1 aromatic heterocycles. The van der Waals surface area contributed by atoms with E-state index in [0.717, 1.165) is 16.5 Å². The first-order valence-electron chi connectivity index (χ1n) is 6.80. The molecule has 2 rings (SSSR count). The number of aliphatic carboxylic acids is 1. The van der Waals surface area contributed by atoms with Crippen molar-refractivity contribution >= 4 is 22.8 Å². The van der Waals surface area contributed by atoms with Crippen molar-refractivity contribution in [3.05, 3.63) is 48.7 Å². The maximum atomic E-state index is 11.7. The molecule has 5 heteroatoms. The van der Waals surface area contributed by atoms with Gasteiger partial charge in [-0.3, -0.25) is 4.79 Å². The number of aromatic nitrogens is 1. The molecular formula is C16H18N2O3. The predicted molar refractivity (Wildman–Crippen MR) is 81.0 cm³/mol. The summed E-state index contributed by atoms with van der Waals surface area (Å²) in [5.41, 5.74) is 1.83. The van der Waals surface area contributed by atoms with Gasteiger partial charge in [0.05, 0.1) is 0 Å². The molecule has 0 spiro atoms. The quantitative estimate of drug-likeness (QED) is 0.683. The largest absolute Gasteiger partial charge is 0.480 e. The second kappa shape index (κ2) is 6.74. The summed E-state index contributed by atoms with van der Waals surface area (Å²) in [4.78, 5) is 26.1. The predicted octanol–water partition coefficient (Wildman–Crippen LogP) is 2.25. The molecule has 0 aliphatic rings. The number of hydrogen-bond donors (Lipinski definition) is 3. The van der Waals surface area contributed by atoms with E-state index in [9.17, 15) is 14.7 Å². The minimum Gasteiger partial charge on any atom is -0.480 e. The Balaban J connectivity index is 2.11. The van der Waals surface area contributed by atoms with Gasteiger partial charge < -0.3 is 15.4 Å². The third-order valence-electron chi connectivity index (χ3n) is 3.31. The highest BCUT2D eigenvalue weighted by Gasteiger charge is 2.21. The van der Waals surface area contributed by atoms with Crippen LogP contribution in [0.4, 0.5) is 0 Å². The number of para-hydroxylation sites is 1. The van der Waals surface area contributed by atoms with Crippen LogP contribution in [-0.4, -0.2) is 28.0 Å². The number of benzene rings is 1. The SMILES string of the molecule is C=CCCC(=O)NC(Cc1c[nH]c2ccccc12)C(=O)O. The summed E-state index contributed by atoms with van der Waals surface area (Å²) in [6, 6.07) is 6.74. The Labute approximate surface area is 122 Å². The van der Waals surface area contributed by atoms with Gasteiger partial charge in [0.2, 0.25) is 5.91 Å². The third-order valence-corrected chi connectivity index (χ3v) is 3.31. The van der Waals surface area contributed by atoms with Gasteiger partial charge in [-0.05, 0) is 18.1 Å². The lowest BCUT2D eigenvalue weighted by atomic mass is 10.0. The van der Waals surface area contributed by atoms with Crippen LogP contribution >= 0.6 is 0 Å². The Bertz CT molecular complexity index is 660. The third kappa shape index (κ3) is 3.72. The zero-order valence-electron chi connectivity index (χ0n) is 11.6. The Morgan fingerprint density at radius 1 is 1.38 bits per heavy atom. The van der Waals surface area contributed by atoms with Gasteiger partial charge in [-0.25, -0.2) is 4.79 Å². The van der Waals surface area contributed by atoms with Crippen molar-refractivity contribution in [2.75, 3.05) is 0 Å². The van der Waals surface area contributed by atoms with Crippen molar-refractivity contribution < 1.29 is 14.7 Å². The van der Waals surface area contributed by atoms with Crippen LogP contribution in [0.3, 0.4) is 0 Å². The van der Waals surface area contributed by atoms with Crippen LogP contribution in [0.1, 0.15) is 18.4 Å². The molecule has 0 radical (unpaired) electrons. The van der Waals surface area contributed by atoms with E-state index in [-0.39, 0.29) is 18.7 Å². The summed E-state index contributed by atoms with van der Waals surface area (Å²) in [6.45, 7) is 3.54. The van der Waals surface area contributed by atoms with Crippen LogP contribution < -0.4 is 5.32 Å². The van der Waals surface area contributed by atoms with Crippen molar-refractivity contribution in [3.8, 4) is 0 Å². The fourth-order valence-corrected chi connectivity index (χ4v) is 2.22. The molecule has 21 heavy (non-hydrogen) atoms. The molecular weight excluding hydrogens is 268 g/mol. The standard InChI is InChI=1S/C16H18N2O3/c1-2-3-8-15(19)18-14(16(20)21)9-11-10-17-13-7-5-4-6-12(11)13/h2,4-7,10,14,17H,1,3,8-9H2,(H,18,19)(H,20,21). The van der Waals surface area contributed by atoms with Crippen LogP contribution in [0.25, 0.3) is 10.9 Å². The lowest BCUT2D eigenvalue weighted by molar-refractivity contribution is -0.141. The van der Waals surface area contributed by atoms with E-state index in [2.05, 4.69) is 16.9 Å². The van der Waals surface area contributed by atoms with E-state index in [1.54, 1.807) is 12.3 Å². The van der Waals surface area contributed by atoms with E-state index in [1.807, 2.05) is 24.3 Å². The number of nitrogens with one attached hydrogen (secondary N) is 2. The molecule has 5 nitrogen and oxygen atoms in total. The number of allylic oxidation sites excluding steroid dienone is 1. The van der Waals surface area contributed by atoms with Gasteiger partial charge in [0, 0.05) is 29.9 Å². The summed E-state index contributed by atoms with van der Waals surface area (Å²) in [5.74, 6) is -1.31. The normalized spacial score (nSPS) is 12.0. The number of carboxylic acid groups (broad SMARTS) is 1. The highest BCUT2D eigenvalue weighted by molar-refractivity contribution is 5.86. The number of fused-ring (bicyclic) bond motifs is 1. The van der Waals surface area contributed by atoms with E-state index < -0.39 is 12.0 Å². The van der Waals surface area contributed by atoms with Gasteiger partial charge >= 0.3 is 5.97 Å². The number of carbonyl (C=O) groups excluding carboxylic acids is 1. The zero-order chi connectivity index (χ0) is 15.2. The van der Waals surface area contributed by atoms with Gasteiger partial charge in [-0.15, -0.1) is 6.58 Å². The highest BCUT2D eigenvalue weighted by atomic mass is 16.4. The number of hydrogen-bond acceptors (Lipinski definition) is 2. The molecule has 0 aliphatic carbocycles. The molecule has 2 aromatic rings. The van der Waals surface area contributed by atoms with Crippen molar-refractivity contribution in [2.45, 2.75) is 25.3 Å². The Morgan fingerprint density at radius 2 is 2.14 bits per heavy atom. The fraction of sp³-hybridized carbons (Fsp3) is 0.250. The molecule has 0 saturated heterocycles. The average molecular weight is 286 g/mol. The van der Waals surface area contributed by atoms with Gasteiger partial charge in [0.1, 0.15) is 6.04 Å². The zero-order valence-corrected chi connectivity index (χ0v) is 11.6. The maximum absolute atomic E-state index is 11.7. The summed E-state index contributed by atoms with van der Waals surface area (Å²) in [7, 11) is 0. The first-order valence-corrected chi connectivity index (χ1v) is 6.80. The van der Waals surface area contributed by atoms with E-state index >= 15 is 0 Å². The van der Waals surface area contributed by atoms with Crippen molar-refractivity contribution in [3.63, 3.8) is 0 Å². The molecule has 0 aliphatic heterocycles. The summed E-state index contributed by atoms with van der Waals surface area (Å²) >= 11 is 0. The molecule has 0 fully saturated rings. The molecule has 1 atom stereocenters. The minimum atomic E-state index is -1.03. The second-order valence-electron chi connectivity index (χ2n) is 4.85. The van der Waals surface area contributed by atoms with Gasteiger partial charge in [0.25, 0.3) is 0 Å². The lowest BCUT2D eigenvalue weighted by Gasteiger charge is -2.14. The minimum absolute atomic E-state index is 0.249. The summed E-state index contributed by atoms with van der Waals surface area (Å²) in [6.07, 6.45) is 4.46. The molecule has 3 N–H and O–H groups in total. The highest BCUT2D eigenvalue weighted by Crippen LogP contribution is 2.19. The van der Waals surface area contributed by atoms with E-state index in [1.165, 1.54) is 0 Å². The monoisotopic (exact) mass is 286 g/mol. The van der Waals surface area contributed by atoms with Gasteiger partial charge in [-0.1, -0.05) is 24.3 Å². The summed E-state index contributed by atoms with van der Waals surface area (Å²) < 4.78 is 0. The number of carboxylic acids is 1. The number of amides is 1. The molecule has 1 heterocycles. The first-order chi connectivity index (χ1) is 10.1. The maximum Gasteiger partial charge on any atom is 0.326 e. The van der Waals surface area contributed by atoms with Crippen molar-refractivity contribution in [1.82, 2.24) is 10.3 Å². The molecule has 0 bridgehead atoms. The second-order valence-corrected chi connectivity index (χ2v) is 4.85. The van der Waals surface area contributed by atoms with Crippen LogP contribution in [0.5, 0.6) is 0 Å². The smallest absolute Gasteiger partial charge is 0.326 e. The van der Waals surface area contributed by atoms with Crippen LogP contribution in [0, 0.1) is 0 Å². The van der Waals surface area contributed by atoms with Gasteiger partial charge in [-0.2, -0.15) is 0 Å². The number of aromatic amines is 1. The van der Waals surface area contributed by atoms with Crippen molar-refractivity contribution in [2.24, 2.45) is 0 Å². The van der Waals surface area contributed by atoms with Crippen molar-refractivity contribution in [1.29, 1.82) is 0 Å². The molecule has 1 aromatic carbocycles. The van der Waals surface area contributed by atoms with E-state index in [4.69, 9.17) is 0 Å². The topological polar surface area (TPSA) is 82.2 Å². The Morgan fingerprint density at radius 3 is 2.86 bits per heavy atom. The van der Waals surface area contributed by atoms with E-state index in [0.29, 0.717) is 6.42 Å². The molecule has 0 saturated carbocycles. The van der Waals surface area contributed by atoms with Crippen LogP contribution in [0.15, 0.2) is 43.1 Å². The summed E-state index contributed by atoms with van der Waals surface area (Å²) in [5, 5.41) is 12.8. The molecule has 110 valence electrons. The Kier molecular flexibility index (Phi) is 4.77. The lowest BCUT2D eigenvalue weighted by Crippen LogP contribution is -2.42. The van der Waals surface area contributed by atoms with Crippen LogP contribution in [0.2, 0.25) is 0 Å². The number of H-pyrrole nitrogens is 1. The molecule has 1 amide bonds. The molecule has 1 unspecified atom stereocenters.